The van der Waals surface area contributed by atoms with Gasteiger partial charge in [0.05, 0.1) is 11.3 Å². The van der Waals surface area contributed by atoms with Crippen LogP contribution in [0.5, 0.6) is 0 Å². The number of nitrogens with zero attached hydrogens (tertiary/aromatic N) is 3. The fourth-order valence-electron chi connectivity index (χ4n) is 2.94. The fourth-order valence-corrected chi connectivity index (χ4v) is 4.05. The van der Waals surface area contributed by atoms with Gasteiger partial charge >= 0.3 is 5.97 Å². The van der Waals surface area contributed by atoms with Crippen molar-refractivity contribution in [3.63, 3.8) is 0 Å². The van der Waals surface area contributed by atoms with E-state index in [1.54, 1.807) is 6.08 Å². The Labute approximate surface area is 125 Å². The molecule has 21 heavy (non-hydrogen) atoms. The van der Waals surface area contributed by atoms with Crippen LogP contribution in [-0.2, 0) is 22.6 Å². The number of aromatic nitrogens is 2. The highest BCUT2D eigenvalue weighted by Crippen LogP contribution is 2.45. The molecule has 4 rings (SSSR count). The van der Waals surface area contributed by atoms with E-state index in [9.17, 15) is 9.59 Å². The van der Waals surface area contributed by atoms with Gasteiger partial charge in [0, 0.05) is 17.6 Å². The molecule has 6 nitrogen and oxygen atoms in total. The van der Waals surface area contributed by atoms with Crippen LogP contribution in [0.25, 0.3) is 6.08 Å². The third-order valence-corrected chi connectivity index (χ3v) is 5.07. The zero-order chi connectivity index (χ0) is 14.6. The van der Waals surface area contributed by atoms with Gasteiger partial charge in [-0.15, -0.1) is 11.8 Å². The lowest BCUT2D eigenvalue weighted by atomic mass is 10.0. The predicted molar refractivity (Wildman–Crippen MR) is 77.1 cm³/mol. The average molecular weight is 303 g/mol. The van der Waals surface area contributed by atoms with Crippen molar-refractivity contribution in [2.24, 2.45) is 0 Å². The number of carbonyl (C=O) groups is 2. The van der Waals surface area contributed by atoms with Gasteiger partial charge in [-0.25, -0.2) is 4.79 Å². The molecule has 0 aliphatic carbocycles. The first-order chi connectivity index (χ1) is 10.1. The van der Waals surface area contributed by atoms with E-state index in [1.807, 2.05) is 10.7 Å². The molecular weight excluding hydrogens is 290 g/mol. The molecule has 1 fully saturated rings. The van der Waals surface area contributed by atoms with E-state index < -0.39 is 5.97 Å². The molecule has 4 heterocycles. The SMILES string of the molecule is O=C(O)C1=CS[C@@H]2/C(=C\c3cc4n(n3)CCCC4)C(=O)N12. The molecule has 0 aromatic carbocycles. The Hall–Kier alpha value is -2.02. The van der Waals surface area contributed by atoms with Gasteiger partial charge in [0.1, 0.15) is 11.1 Å². The van der Waals surface area contributed by atoms with Crippen LogP contribution < -0.4 is 0 Å². The topological polar surface area (TPSA) is 75.4 Å². The lowest BCUT2D eigenvalue weighted by Gasteiger charge is -2.36. The lowest BCUT2D eigenvalue weighted by Crippen LogP contribution is -2.51. The standard InChI is InChI=1S/C14H13N3O3S/c18-12-10(13-17(12)11(7-21-13)14(19)20)6-8-5-9-3-1-2-4-16(9)15-8/h5-7,13H,1-4H2,(H,19,20)/b10-6-/t13-/m1/s1. The van der Waals surface area contributed by atoms with Crippen molar-refractivity contribution >= 4 is 29.7 Å². The molecular formula is C14H13N3O3S. The Morgan fingerprint density at radius 2 is 2.33 bits per heavy atom. The lowest BCUT2D eigenvalue weighted by molar-refractivity contribution is -0.141. The molecule has 1 amide bonds. The molecule has 3 aliphatic rings. The van der Waals surface area contributed by atoms with Crippen LogP contribution in [-0.4, -0.2) is 37.0 Å². The summed E-state index contributed by atoms with van der Waals surface area (Å²) in [7, 11) is 0. The van der Waals surface area contributed by atoms with Crippen molar-refractivity contribution in [2.45, 2.75) is 31.2 Å². The van der Waals surface area contributed by atoms with Crippen molar-refractivity contribution in [1.29, 1.82) is 0 Å². The summed E-state index contributed by atoms with van der Waals surface area (Å²) in [6, 6.07) is 2.02. The van der Waals surface area contributed by atoms with Gasteiger partial charge in [0.2, 0.25) is 0 Å². The molecule has 0 bridgehead atoms. The van der Waals surface area contributed by atoms with Gasteiger partial charge in [0.25, 0.3) is 5.91 Å². The first-order valence-corrected chi connectivity index (χ1v) is 7.80. The summed E-state index contributed by atoms with van der Waals surface area (Å²) >= 11 is 1.35. The van der Waals surface area contributed by atoms with E-state index in [0.717, 1.165) is 25.1 Å². The molecule has 108 valence electrons. The number of aryl methyl sites for hydroxylation is 2. The van der Waals surface area contributed by atoms with Gasteiger partial charge in [-0.2, -0.15) is 5.10 Å². The van der Waals surface area contributed by atoms with Gasteiger partial charge in [0.15, 0.2) is 0 Å². The largest absolute Gasteiger partial charge is 0.477 e. The van der Waals surface area contributed by atoms with Crippen molar-refractivity contribution in [3.8, 4) is 0 Å². The molecule has 1 atom stereocenters. The summed E-state index contributed by atoms with van der Waals surface area (Å²) < 4.78 is 2.00. The Morgan fingerprint density at radius 3 is 3.10 bits per heavy atom. The molecule has 0 radical (unpaired) electrons. The summed E-state index contributed by atoms with van der Waals surface area (Å²) in [6.07, 6.45) is 5.14. The number of carboxylic acids is 1. The number of aliphatic carboxylic acids is 1. The second kappa shape index (κ2) is 4.49. The van der Waals surface area contributed by atoms with E-state index >= 15 is 0 Å². The Kier molecular flexibility index (Phi) is 2.72. The number of thioether (sulfide) groups is 1. The molecule has 1 aromatic rings. The van der Waals surface area contributed by atoms with Gasteiger partial charge < -0.3 is 5.11 Å². The number of hydrogen-bond donors (Lipinski definition) is 1. The highest BCUT2D eigenvalue weighted by atomic mass is 32.2. The maximum Gasteiger partial charge on any atom is 0.353 e. The molecule has 1 N–H and O–H groups in total. The summed E-state index contributed by atoms with van der Waals surface area (Å²) in [5, 5.41) is 14.9. The quantitative estimate of drug-likeness (QED) is 0.661. The molecule has 1 saturated heterocycles. The van der Waals surface area contributed by atoms with Crippen LogP contribution in [0.2, 0.25) is 0 Å². The molecule has 7 heteroatoms. The van der Waals surface area contributed by atoms with E-state index in [2.05, 4.69) is 5.10 Å². The smallest absolute Gasteiger partial charge is 0.353 e. The number of rotatable bonds is 2. The number of hydrogen-bond acceptors (Lipinski definition) is 4. The van der Waals surface area contributed by atoms with Crippen molar-refractivity contribution in [3.05, 3.63) is 34.1 Å². The third-order valence-electron chi connectivity index (χ3n) is 3.99. The van der Waals surface area contributed by atoms with Crippen molar-refractivity contribution < 1.29 is 14.7 Å². The molecule has 0 spiro atoms. The van der Waals surface area contributed by atoms with E-state index in [-0.39, 0.29) is 17.0 Å². The van der Waals surface area contributed by atoms with Gasteiger partial charge in [-0.05, 0) is 31.4 Å². The highest BCUT2D eigenvalue weighted by Gasteiger charge is 2.49. The van der Waals surface area contributed by atoms with Crippen LogP contribution in [0, 0.1) is 0 Å². The Morgan fingerprint density at radius 1 is 1.48 bits per heavy atom. The Bertz CT molecular complexity index is 696. The summed E-state index contributed by atoms with van der Waals surface area (Å²) in [4.78, 5) is 24.5. The van der Waals surface area contributed by atoms with Crippen LogP contribution in [0.15, 0.2) is 22.7 Å². The van der Waals surface area contributed by atoms with Crippen LogP contribution in [0.1, 0.15) is 24.2 Å². The number of amides is 1. The minimum absolute atomic E-state index is 0.0660. The molecule has 1 aromatic heterocycles. The maximum absolute atomic E-state index is 12.1. The normalized spacial score (nSPS) is 25.4. The van der Waals surface area contributed by atoms with Crippen molar-refractivity contribution in [2.75, 3.05) is 0 Å². The van der Waals surface area contributed by atoms with Crippen molar-refractivity contribution in [1.82, 2.24) is 14.7 Å². The first-order valence-electron chi connectivity index (χ1n) is 6.86. The Balaban J connectivity index is 1.60. The third kappa shape index (κ3) is 1.84. The average Bonchev–Trinajstić information content (AvgIpc) is 3.05. The fraction of sp³-hybridized carbons (Fsp3) is 0.357. The van der Waals surface area contributed by atoms with E-state index in [0.29, 0.717) is 5.57 Å². The number of fused-ring (bicyclic) bond motifs is 2. The number of carbonyl (C=O) groups excluding carboxylic acids is 1. The highest BCUT2D eigenvalue weighted by molar-refractivity contribution is 8.03. The minimum Gasteiger partial charge on any atom is -0.477 e. The van der Waals surface area contributed by atoms with Crippen LogP contribution in [0.3, 0.4) is 0 Å². The summed E-state index contributed by atoms with van der Waals surface area (Å²) in [5.74, 6) is -1.29. The van der Waals surface area contributed by atoms with E-state index in [1.165, 1.54) is 34.2 Å². The zero-order valence-electron chi connectivity index (χ0n) is 11.2. The van der Waals surface area contributed by atoms with Crippen LogP contribution in [0.4, 0.5) is 0 Å². The second-order valence-corrected chi connectivity index (χ2v) is 6.27. The molecule has 0 unspecified atom stereocenters. The van der Waals surface area contributed by atoms with Gasteiger partial charge in [-0.3, -0.25) is 14.4 Å². The summed E-state index contributed by atoms with van der Waals surface area (Å²) in [5.41, 5.74) is 2.69. The van der Waals surface area contributed by atoms with Crippen LogP contribution >= 0.6 is 11.8 Å². The van der Waals surface area contributed by atoms with Gasteiger partial charge in [-0.1, -0.05) is 0 Å². The zero-order valence-corrected chi connectivity index (χ0v) is 12.0. The number of β-lactam (4-membered cyclic amide) rings is 1. The number of carboxylic acid groups (broad SMARTS) is 1. The minimum atomic E-state index is -1.06. The predicted octanol–water partition coefficient (Wildman–Crippen LogP) is 1.44. The molecule has 0 saturated carbocycles. The van der Waals surface area contributed by atoms with E-state index in [4.69, 9.17) is 5.11 Å². The molecule has 3 aliphatic heterocycles. The summed E-state index contributed by atoms with van der Waals surface area (Å²) in [6.45, 7) is 0.932. The monoisotopic (exact) mass is 303 g/mol. The second-order valence-electron chi connectivity index (χ2n) is 5.31. The first kappa shape index (κ1) is 12.7. The maximum atomic E-state index is 12.1.